The molecule has 0 aliphatic carbocycles. The van der Waals surface area contributed by atoms with E-state index in [0.29, 0.717) is 36.0 Å². The molecule has 3 rings (SSSR count). The summed E-state index contributed by atoms with van der Waals surface area (Å²) in [5.74, 6) is 1.58. The van der Waals surface area contributed by atoms with Crippen molar-refractivity contribution in [1.82, 2.24) is 4.90 Å². The first-order chi connectivity index (χ1) is 15.4. The van der Waals surface area contributed by atoms with Crippen molar-refractivity contribution in [3.05, 3.63) is 42.5 Å². The second kappa shape index (κ2) is 10.9. The molecule has 2 aromatic carbocycles. The normalized spacial score (nSPS) is 15.2. The lowest BCUT2D eigenvalue weighted by molar-refractivity contribution is -0.125. The summed E-state index contributed by atoms with van der Waals surface area (Å²) in [7, 11) is 4.00. The average Bonchev–Trinajstić information content (AvgIpc) is 2.76. The minimum absolute atomic E-state index is 0.0847. The Bertz CT molecular complexity index is 930. The van der Waals surface area contributed by atoms with Crippen LogP contribution in [0, 0.1) is 0 Å². The Morgan fingerprint density at radius 3 is 2.47 bits per heavy atom. The number of amides is 2. The number of hydrogen-bond donors (Lipinski definition) is 1. The van der Waals surface area contributed by atoms with Gasteiger partial charge >= 0.3 is 0 Å². The Labute approximate surface area is 189 Å². The smallest absolute Gasteiger partial charge is 0.267 e. The summed E-state index contributed by atoms with van der Waals surface area (Å²) in [6.07, 6.45) is 0.294. The van der Waals surface area contributed by atoms with Gasteiger partial charge < -0.3 is 29.3 Å². The number of rotatable bonds is 10. The maximum atomic E-state index is 12.7. The summed E-state index contributed by atoms with van der Waals surface area (Å²) in [5.41, 5.74) is 1.24. The molecule has 32 heavy (non-hydrogen) atoms. The lowest BCUT2D eigenvalue weighted by Crippen LogP contribution is -2.45. The number of carbonyl (C=O) groups is 2. The van der Waals surface area contributed by atoms with Crippen LogP contribution in [0.5, 0.6) is 17.2 Å². The minimum atomic E-state index is -0.537. The van der Waals surface area contributed by atoms with Crippen molar-refractivity contribution in [2.24, 2.45) is 0 Å². The summed E-state index contributed by atoms with van der Waals surface area (Å²) >= 11 is 0. The largest absolute Gasteiger partial charge is 0.494 e. The molecule has 1 heterocycles. The van der Waals surface area contributed by atoms with Crippen LogP contribution < -0.4 is 24.4 Å². The molecule has 2 amide bonds. The Hall–Kier alpha value is -3.26. The molecule has 172 valence electrons. The van der Waals surface area contributed by atoms with Gasteiger partial charge in [0.1, 0.15) is 17.2 Å². The van der Waals surface area contributed by atoms with Gasteiger partial charge in [0.15, 0.2) is 12.7 Å². The Balaban J connectivity index is 1.63. The molecular formula is C24H31N3O5. The Morgan fingerprint density at radius 1 is 1.12 bits per heavy atom. The SMILES string of the molecule is CCOc1ccc(OCC(=O)Nc2ccc3c(c2)N(CCCN(C)C)C(=O)C(C)O3)cc1. The molecule has 8 heteroatoms. The Morgan fingerprint density at radius 2 is 1.81 bits per heavy atom. The standard InChI is InChI=1S/C24H31N3O5/c1-5-30-19-8-10-20(11-9-19)31-16-23(28)25-18-7-12-22-21(15-18)27(14-6-13-26(3)4)24(29)17(2)32-22/h7-12,15,17H,5-6,13-14,16H2,1-4H3,(H,25,28). The topological polar surface area (TPSA) is 80.3 Å². The van der Waals surface area contributed by atoms with Crippen LogP contribution in [-0.4, -0.2) is 63.2 Å². The molecule has 1 unspecified atom stereocenters. The van der Waals surface area contributed by atoms with E-state index in [0.717, 1.165) is 18.7 Å². The maximum absolute atomic E-state index is 12.7. The average molecular weight is 442 g/mol. The van der Waals surface area contributed by atoms with Crippen molar-refractivity contribution < 1.29 is 23.8 Å². The zero-order valence-corrected chi connectivity index (χ0v) is 19.1. The van der Waals surface area contributed by atoms with Crippen molar-refractivity contribution in [1.29, 1.82) is 0 Å². The highest BCUT2D eigenvalue weighted by Gasteiger charge is 2.31. The van der Waals surface area contributed by atoms with Crippen molar-refractivity contribution in [3.63, 3.8) is 0 Å². The molecule has 2 aromatic rings. The van der Waals surface area contributed by atoms with Gasteiger partial charge in [-0.3, -0.25) is 9.59 Å². The van der Waals surface area contributed by atoms with Gasteiger partial charge in [-0.2, -0.15) is 0 Å². The van der Waals surface area contributed by atoms with E-state index in [4.69, 9.17) is 14.2 Å². The lowest BCUT2D eigenvalue weighted by Gasteiger charge is -2.33. The maximum Gasteiger partial charge on any atom is 0.267 e. The summed E-state index contributed by atoms with van der Waals surface area (Å²) in [5, 5.41) is 2.82. The number of hydrogen-bond acceptors (Lipinski definition) is 6. The number of carbonyl (C=O) groups excluding carboxylic acids is 2. The predicted octanol–water partition coefficient (Wildman–Crippen LogP) is 3.17. The van der Waals surface area contributed by atoms with Gasteiger partial charge in [-0.15, -0.1) is 0 Å². The number of nitrogens with zero attached hydrogens (tertiary/aromatic N) is 2. The molecular weight excluding hydrogens is 410 g/mol. The molecule has 0 saturated carbocycles. The van der Waals surface area contributed by atoms with Crippen LogP contribution in [0.25, 0.3) is 0 Å². The molecule has 0 spiro atoms. The van der Waals surface area contributed by atoms with Gasteiger partial charge in [0.2, 0.25) is 0 Å². The van der Waals surface area contributed by atoms with Gasteiger partial charge in [-0.05, 0) is 83.4 Å². The van der Waals surface area contributed by atoms with Gasteiger partial charge in [-0.1, -0.05) is 0 Å². The fraction of sp³-hybridized carbons (Fsp3) is 0.417. The summed E-state index contributed by atoms with van der Waals surface area (Å²) < 4.78 is 16.7. The van der Waals surface area contributed by atoms with E-state index in [1.807, 2.05) is 21.0 Å². The van der Waals surface area contributed by atoms with Crippen LogP contribution in [-0.2, 0) is 9.59 Å². The van der Waals surface area contributed by atoms with Gasteiger partial charge in [0.25, 0.3) is 11.8 Å². The van der Waals surface area contributed by atoms with Crippen molar-refractivity contribution in [3.8, 4) is 17.2 Å². The Kier molecular flexibility index (Phi) is 7.94. The molecule has 1 aliphatic heterocycles. The van der Waals surface area contributed by atoms with Crippen LogP contribution in [0.15, 0.2) is 42.5 Å². The van der Waals surface area contributed by atoms with Crippen LogP contribution in [0.4, 0.5) is 11.4 Å². The van der Waals surface area contributed by atoms with E-state index in [1.165, 1.54) is 0 Å². The van der Waals surface area contributed by atoms with E-state index >= 15 is 0 Å². The minimum Gasteiger partial charge on any atom is -0.494 e. The first-order valence-electron chi connectivity index (χ1n) is 10.8. The third-order valence-electron chi connectivity index (χ3n) is 4.94. The number of anilines is 2. The lowest BCUT2D eigenvalue weighted by atomic mass is 10.1. The fourth-order valence-electron chi connectivity index (χ4n) is 3.41. The first kappa shape index (κ1) is 23.4. The van der Waals surface area contributed by atoms with Crippen molar-refractivity contribution in [2.75, 3.05) is 50.6 Å². The quantitative estimate of drug-likeness (QED) is 0.610. The van der Waals surface area contributed by atoms with Gasteiger partial charge in [-0.25, -0.2) is 0 Å². The third-order valence-corrected chi connectivity index (χ3v) is 4.94. The van der Waals surface area contributed by atoms with Crippen LogP contribution >= 0.6 is 0 Å². The van der Waals surface area contributed by atoms with E-state index in [9.17, 15) is 9.59 Å². The van der Waals surface area contributed by atoms with Crippen LogP contribution in [0.2, 0.25) is 0 Å². The highest BCUT2D eigenvalue weighted by molar-refractivity contribution is 6.01. The summed E-state index contributed by atoms with van der Waals surface area (Å²) in [6.45, 7) is 5.57. The van der Waals surface area contributed by atoms with Gasteiger partial charge in [0, 0.05) is 12.2 Å². The summed E-state index contributed by atoms with van der Waals surface area (Å²) in [6, 6.07) is 12.4. The van der Waals surface area contributed by atoms with Gasteiger partial charge in [0.05, 0.1) is 12.3 Å². The van der Waals surface area contributed by atoms with E-state index in [1.54, 1.807) is 54.3 Å². The zero-order chi connectivity index (χ0) is 23.1. The van der Waals surface area contributed by atoms with Crippen molar-refractivity contribution in [2.45, 2.75) is 26.4 Å². The zero-order valence-electron chi connectivity index (χ0n) is 19.1. The molecule has 1 aliphatic rings. The molecule has 1 N–H and O–H groups in total. The van der Waals surface area contributed by atoms with E-state index in [2.05, 4.69) is 10.2 Å². The molecule has 0 radical (unpaired) electrons. The second-order valence-corrected chi connectivity index (χ2v) is 7.83. The molecule has 0 aromatic heterocycles. The van der Waals surface area contributed by atoms with E-state index < -0.39 is 6.10 Å². The number of ether oxygens (including phenoxy) is 3. The molecule has 0 fully saturated rings. The van der Waals surface area contributed by atoms with Crippen molar-refractivity contribution >= 4 is 23.2 Å². The monoisotopic (exact) mass is 441 g/mol. The van der Waals surface area contributed by atoms with Crippen LogP contribution in [0.1, 0.15) is 20.3 Å². The molecule has 0 bridgehead atoms. The fourth-order valence-corrected chi connectivity index (χ4v) is 3.41. The number of benzene rings is 2. The highest BCUT2D eigenvalue weighted by atomic mass is 16.5. The number of fused-ring (bicyclic) bond motifs is 1. The third kappa shape index (κ3) is 6.13. The molecule has 8 nitrogen and oxygen atoms in total. The first-order valence-corrected chi connectivity index (χ1v) is 10.8. The highest BCUT2D eigenvalue weighted by Crippen LogP contribution is 2.36. The molecule has 0 saturated heterocycles. The number of nitrogens with one attached hydrogen (secondary N) is 1. The molecule has 1 atom stereocenters. The predicted molar refractivity (Wildman–Crippen MR) is 124 cm³/mol. The van der Waals surface area contributed by atoms with E-state index in [-0.39, 0.29) is 18.4 Å². The van der Waals surface area contributed by atoms with Crippen LogP contribution in [0.3, 0.4) is 0 Å². The second-order valence-electron chi connectivity index (χ2n) is 7.83. The summed E-state index contributed by atoms with van der Waals surface area (Å²) in [4.78, 5) is 28.9.